The van der Waals surface area contributed by atoms with Gasteiger partial charge in [-0.05, 0) is 51.8 Å². The zero-order valence-electron chi connectivity index (χ0n) is 13.4. The Hall–Kier alpha value is -1.13. The fourth-order valence-electron chi connectivity index (χ4n) is 3.24. The molecule has 4 nitrogen and oxygen atoms in total. The van der Waals surface area contributed by atoms with Gasteiger partial charge in [0.1, 0.15) is 5.82 Å². The van der Waals surface area contributed by atoms with Crippen molar-refractivity contribution in [3.8, 4) is 0 Å². The van der Waals surface area contributed by atoms with Crippen molar-refractivity contribution >= 4 is 5.82 Å². The summed E-state index contributed by atoms with van der Waals surface area (Å²) in [5, 5.41) is 3.61. The van der Waals surface area contributed by atoms with E-state index in [2.05, 4.69) is 46.3 Å². The average Bonchev–Trinajstić information content (AvgIpc) is 3.30. The van der Waals surface area contributed by atoms with Gasteiger partial charge in [-0.15, -0.1) is 0 Å². The highest BCUT2D eigenvalue weighted by atomic mass is 15.2. The third-order valence-electron chi connectivity index (χ3n) is 4.56. The molecule has 0 spiro atoms. The fraction of sp³-hybridized carbons (Fsp3) is 0.706. The molecule has 2 aliphatic rings. The molecule has 0 aromatic carbocycles. The van der Waals surface area contributed by atoms with Crippen LogP contribution in [0, 0.1) is 5.92 Å². The van der Waals surface area contributed by atoms with Gasteiger partial charge in [-0.1, -0.05) is 6.07 Å². The van der Waals surface area contributed by atoms with Crippen molar-refractivity contribution in [2.75, 3.05) is 38.6 Å². The normalized spacial score (nSPS) is 20.2. The van der Waals surface area contributed by atoms with E-state index in [-0.39, 0.29) is 0 Å². The molecule has 1 aliphatic heterocycles. The van der Waals surface area contributed by atoms with Gasteiger partial charge < -0.3 is 15.1 Å². The van der Waals surface area contributed by atoms with Gasteiger partial charge in [0.15, 0.2) is 0 Å². The number of rotatable bonds is 6. The van der Waals surface area contributed by atoms with E-state index < -0.39 is 0 Å². The maximum absolute atomic E-state index is 4.66. The number of piperidine rings is 1. The second kappa shape index (κ2) is 6.75. The quantitative estimate of drug-likeness (QED) is 0.869. The van der Waals surface area contributed by atoms with E-state index in [0.717, 1.165) is 31.6 Å². The van der Waals surface area contributed by atoms with Gasteiger partial charge in [0, 0.05) is 44.0 Å². The second-order valence-corrected chi connectivity index (χ2v) is 6.83. The first-order chi connectivity index (χ1) is 10.2. The minimum Gasteiger partial charge on any atom is -0.356 e. The Morgan fingerprint density at radius 3 is 2.67 bits per heavy atom. The molecule has 1 saturated heterocycles. The van der Waals surface area contributed by atoms with Gasteiger partial charge in [-0.25, -0.2) is 4.98 Å². The lowest BCUT2D eigenvalue weighted by atomic mass is 9.96. The Morgan fingerprint density at radius 2 is 2.00 bits per heavy atom. The highest BCUT2D eigenvalue weighted by molar-refractivity contribution is 5.47. The Morgan fingerprint density at radius 1 is 1.24 bits per heavy atom. The predicted octanol–water partition coefficient (Wildman–Crippen LogP) is 2.11. The first-order valence-electron chi connectivity index (χ1n) is 8.29. The van der Waals surface area contributed by atoms with E-state index >= 15 is 0 Å². The lowest BCUT2D eigenvalue weighted by Gasteiger charge is -2.34. The standard InChI is InChI=1S/C17H28N4/c1-20(2)13-14-7-10-21(11-8-14)17-15(4-3-9-18-17)12-19-16-5-6-16/h3-4,9,14,16,19H,5-8,10-13H2,1-2H3. The molecule has 3 rings (SSSR count). The van der Waals surface area contributed by atoms with Gasteiger partial charge in [-0.2, -0.15) is 0 Å². The van der Waals surface area contributed by atoms with Crippen LogP contribution in [0.4, 0.5) is 5.82 Å². The summed E-state index contributed by atoms with van der Waals surface area (Å²) in [4.78, 5) is 9.46. The number of nitrogens with one attached hydrogen (secondary N) is 1. The zero-order valence-corrected chi connectivity index (χ0v) is 13.4. The Balaban J connectivity index is 1.58. The molecule has 1 aromatic rings. The molecule has 1 N–H and O–H groups in total. The van der Waals surface area contributed by atoms with Crippen LogP contribution in [0.15, 0.2) is 18.3 Å². The highest BCUT2D eigenvalue weighted by Crippen LogP contribution is 2.26. The first kappa shape index (κ1) is 14.8. The Bertz CT molecular complexity index is 448. The van der Waals surface area contributed by atoms with Gasteiger partial charge in [0.25, 0.3) is 0 Å². The summed E-state index contributed by atoms with van der Waals surface area (Å²) in [6.07, 6.45) is 7.17. The SMILES string of the molecule is CN(C)CC1CCN(c2ncccc2CNC2CC2)CC1. The van der Waals surface area contributed by atoms with Gasteiger partial charge in [-0.3, -0.25) is 0 Å². The van der Waals surface area contributed by atoms with Crippen molar-refractivity contribution in [3.63, 3.8) is 0 Å². The van der Waals surface area contributed by atoms with Crippen molar-refractivity contribution in [2.24, 2.45) is 5.92 Å². The number of nitrogens with zero attached hydrogens (tertiary/aromatic N) is 3. The van der Waals surface area contributed by atoms with Crippen LogP contribution in [0.2, 0.25) is 0 Å². The molecule has 0 radical (unpaired) electrons. The molecule has 0 amide bonds. The van der Waals surface area contributed by atoms with Crippen molar-refractivity contribution < 1.29 is 0 Å². The molecule has 2 fully saturated rings. The average molecular weight is 288 g/mol. The van der Waals surface area contributed by atoms with Crippen LogP contribution in [-0.4, -0.2) is 49.7 Å². The van der Waals surface area contributed by atoms with Crippen LogP contribution in [-0.2, 0) is 6.54 Å². The first-order valence-corrected chi connectivity index (χ1v) is 8.29. The van der Waals surface area contributed by atoms with E-state index in [1.807, 2.05) is 6.20 Å². The molecule has 0 bridgehead atoms. The summed E-state index contributed by atoms with van der Waals surface area (Å²) in [5.41, 5.74) is 1.36. The summed E-state index contributed by atoms with van der Waals surface area (Å²) in [7, 11) is 4.35. The minimum absolute atomic E-state index is 0.754. The van der Waals surface area contributed by atoms with Gasteiger partial charge in [0.2, 0.25) is 0 Å². The molecule has 0 unspecified atom stereocenters. The summed E-state index contributed by atoms with van der Waals surface area (Å²) < 4.78 is 0. The van der Waals surface area contributed by atoms with Crippen LogP contribution in [0.1, 0.15) is 31.2 Å². The van der Waals surface area contributed by atoms with E-state index in [0.29, 0.717) is 0 Å². The maximum Gasteiger partial charge on any atom is 0.133 e. The minimum atomic E-state index is 0.754. The van der Waals surface area contributed by atoms with Crippen LogP contribution in [0.25, 0.3) is 0 Å². The molecule has 1 aliphatic carbocycles. The molecule has 116 valence electrons. The number of hydrogen-bond acceptors (Lipinski definition) is 4. The molecule has 2 heterocycles. The van der Waals surface area contributed by atoms with Crippen molar-refractivity contribution in [1.82, 2.24) is 15.2 Å². The van der Waals surface area contributed by atoms with E-state index in [9.17, 15) is 0 Å². The molecule has 0 atom stereocenters. The number of pyridine rings is 1. The highest BCUT2D eigenvalue weighted by Gasteiger charge is 2.24. The van der Waals surface area contributed by atoms with Crippen molar-refractivity contribution in [2.45, 2.75) is 38.3 Å². The smallest absolute Gasteiger partial charge is 0.133 e. The second-order valence-electron chi connectivity index (χ2n) is 6.83. The number of aromatic nitrogens is 1. The topological polar surface area (TPSA) is 31.4 Å². The molecule has 1 aromatic heterocycles. The summed E-state index contributed by atoms with van der Waals surface area (Å²) >= 11 is 0. The monoisotopic (exact) mass is 288 g/mol. The molecular formula is C17H28N4. The van der Waals surface area contributed by atoms with Crippen LogP contribution >= 0.6 is 0 Å². The van der Waals surface area contributed by atoms with Gasteiger partial charge in [0.05, 0.1) is 0 Å². The van der Waals surface area contributed by atoms with E-state index in [4.69, 9.17) is 0 Å². The molecule has 21 heavy (non-hydrogen) atoms. The number of hydrogen-bond donors (Lipinski definition) is 1. The third-order valence-corrected chi connectivity index (χ3v) is 4.56. The Labute approximate surface area is 128 Å². The molecular weight excluding hydrogens is 260 g/mol. The summed E-state index contributed by atoms with van der Waals surface area (Å²) in [6, 6.07) is 5.04. The van der Waals surface area contributed by atoms with Crippen molar-refractivity contribution in [1.29, 1.82) is 0 Å². The maximum atomic E-state index is 4.66. The van der Waals surface area contributed by atoms with Crippen molar-refractivity contribution in [3.05, 3.63) is 23.9 Å². The van der Waals surface area contributed by atoms with Crippen LogP contribution in [0.3, 0.4) is 0 Å². The lowest BCUT2D eigenvalue weighted by Crippen LogP contribution is -2.38. The summed E-state index contributed by atoms with van der Waals surface area (Å²) in [5.74, 6) is 2.04. The van der Waals surface area contributed by atoms with E-state index in [1.165, 1.54) is 43.6 Å². The third kappa shape index (κ3) is 4.17. The zero-order chi connectivity index (χ0) is 14.7. The predicted molar refractivity (Wildman–Crippen MR) is 87.6 cm³/mol. The Kier molecular flexibility index (Phi) is 4.76. The lowest BCUT2D eigenvalue weighted by molar-refractivity contribution is 0.284. The number of anilines is 1. The van der Waals surface area contributed by atoms with Crippen LogP contribution < -0.4 is 10.2 Å². The molecule has 4 heteroatoms. The van der Waals surface area contributed by atoms with Crippen LogP contribution in [0.5, 0.6) is 0 Å². The summed E-state index contributed by atoms with van der Waals surface area (Å²) in [6.45, 7) is 4.47. The van der Waals surface area contributed by atoms with E-state index in [1.54, 1.807) is 0 Å². The largest absolute Gasteiger partial charge is 0.356 e. The molecule has 1 saturated carbocycles. The fourth-order valence-corrected chi connectivity index (χ4v) is 3.24. The van der Waals surface area contributed by atoms with Gasteiger partial charge >= 0.3 is 0 Å².